The number of fused-ring (bicyclic) bond motifs is 1. The second kappa shape index (κ2) is 5.09. The molecule has 1 aromatic rings. The van der Waals surface area contributed by atoms with Crippen LogP contribution < -0.4 is 17.2 Å². The van der Waals surface area contributed by atoms with Crippen molar-refractivity contribution in [2.24, 2.45) is 33.3 Å². The Morgan fingerprint density at radius 1 is 1.37 bits per heavy atom. The summed E-state index contributed by atoms with van der Waals surface area (Å²) in [7, 11) is 0. The zero-order valence-corrected chi connectivity index (χ0v) is 10.9. The Balaban J connectivity index is 2.55. The van der Waals surface area contributed by atoms with Gasteiger partial charge in [0.15, 0.2) is 0 Å². The molecule has 0 saturated carbocycles. The van der Waals surface area contributed by atoms with Gasteiger partial charge in [0, 0.05) is 17.0 Å². The molecule has 2 rings (SSSR count). The van der Waals surface area contributed by atoms with Gasteiger partial charge in [0.2, 0.25) is 5.96 Å². The lowest BCUT2D eigenvalue weighted by Crippen LogP contribution is -2.22. The molecule has 0 aromatic heterocycles. The van der Waals surface area contributed by atoms with Gasteiger partial charge in [-0.15, -0.1) is 5.10 Å². The van der Waals surface area contributed by atoms with Crippen LogP contribution in [0.3, 0.4) is 0 Å². The first-order valence-corrected chi connectivity index (χ1v) is 6.17. The van der Waals surface area contributed by atoms with Crippen molar-refractivity contribution in [3.05, 3.63) is 34.9 Å². The zero-order valence-electron chi connectivity index (χ0n) is 10.9. The second-order valence-electron chi connectivity index (χ2n) is 4.56. The number of nitrogens with two attached hydrogens (primary N) is 3. The van der Waals surface area contributed by atoms with Crippen LogP contribution in [0.1, 0.15) is 30.0 Å². The molecule has 6 heteroatoms. The van der Waals surface area contributed by atoms with Gasteiger partial charge in [-0.3, -0.25) is 5.41 Å². The Labute approximate surface area is 111 Å². The van der Waals surface area contributed by atoms with Gasteiger partial charge < -0.3 is 17.2 Å². The predicted octanol–water partition coefficient (Wildman–Crippen LogP) is 0.530. The molecule has 0 saturated heterocycles. The minimum absolute atomic E-state index is 0.0569. The Morgan fingerprint density at radius 2 is 2.11 bits per heavy atom. The standard InChI is InChI=1S/C13H18N6/c1-2-7-6-10-8(11(7)18-19-13(16)17)4-3-5-9(10)12(14)15/h3-5,7H,2,6H2,1H3,(H3,14,15)(H4,16,17,19). The van der Waals surface area contributed by atoms with E-state index in [2.05, 4.69) is 17.1 Å². The van der Waals surface area contributed by atoms with E-state index in [1.54, 1.807) is 0 Å². The van der Waals surface area contributed by atoms with E-state index in [-0.39, 0.29) is 17.7 Å². The van der Waals surface area contributed by atoms with Crippen molar-refractivity contribution in [3.63, 3.8) is 0 Å². The topological polar surface area (TPSA) is 127 Å². The van der Waals surface area contributed by atoms with Crippen LogP contribution >= 0.6 is 0 Å². The van der Waals surface area contributed by atoms with Crippen LogP contribution in [-0.2, 0) is 6.42 Å². The number of nitrogen functional groups attached to an aromatic ring is 1. The first kappa shape index (κ1) is 13.1. The van der Waals surface area contributed by atoms with Crippen molar-refractivity contribution in [2.75, 3.05) is 0 Å². The van der Waals surface area contributed by atoms with Crippen molar-refractivity contribution in [3.8, 4) is 0 Å². The summed E-state index contributed by atoms with van der Waals surface area (Å²) in [4.78, 5) is 0. The molecule has 1 unspecified atom stereocenters. The lowest BCUT2D eigenvalue weighted by molar-refractivity contribution is 0.682. The average Bonchev–Trinajstić information content (AvgIpc) is 2.73. The van der Waals surface area contributed by atoms with Gasteiger partial charge in [0.1, 0.15) is 5.84 Å². The number of rotatable bonds is 3. The van der Waals surface area contributed by atoms with Gasteiger partial charge in [-0.2, -0.15) is 5.10 Å². The van der Waals surface area contributed by atoms with E-state index < -0.39 is 0 Å². The first-order valence-electron chi connectivity index (χ1n) is 6.17. The highest BCUT2D eigenvalue weighted by molar-refractivity contribution is 6.09. The van der Waals surface area contributed by atoms with Crippen LogP contribution in [0.4, 0.5) is 0 Å². The largest absolute Gasteiger partial charge is 0.384 e. The summed E-state index contributed by atoms with van der Waals surface area (Å²) in [6.07, 6.45) is 1.76. The molecule has 1 aliphatic carbocycles. The molecular weight excluding hydrogens is 240 g/mol. The monoisotopic (exact) mass is 258 g/mol. The molecule has 0 heterocycles. The number of guanidine groups is 1. The molecule has 6 nitrogen and oxygen atoms in total. The lowest BCUT2D eigenvalue weighted by Gasteiger charge is -2.05. The SMILES string of the molecule is CCC1Cc2c(C(=N)N)cccc2C1=NN=C(N)N. The molecule has 1 aliphatic rings. The maximum absolute atomic E-state index is 7.63. The molecule has 0 aliphatic heterocycles. The zero-order chi connectivity index (χ0) is 14.0. The molecule has 0 bridgehead atoms. The summed E-state index contributed by atoms with van der Waals surface area (Å²) in [6.45, 7) is 2.09. The van der Waals surface area contributed by atoms with Gasteiger partial charge >= 0.3 is 0 Å². The van der Waals surface area contributed by atoms with Crippen molar-refractivity contribution < 1.29 is 0 Å². The van der Waals surface area contributed by atoms with Gasteiger partial charge in [-0.1, -0.05) is 25.1 Å². The first-order chi connectivity index (χ1) is 9.04. The number of benzene rings is 1. The highest BCUT2D eigenvalue weighted by Gasteiger charge is 2.29. The number of amidine groups is 1. The molecule has 0 spiro atoms. The Bertz CT molecular complexity index is 568. The van der Waals surface area contributed by atoms with Crippen LogP contribution in [0.15, 0.2) is 28.4 Å². The maximum Gasteiger partial charge on any atom is 0.211 e. The van der Waals surface area contributed by atoms with E-state index >= 15 is 0 Å². The summed E-state index contributed by atoms with van der Waals surface area (Å²) in [6, 6.07) is 5.70. The molecule has 1 atom stereocenters. The fraction of sp³-hybridized carbons (Fsp3) is 0.308. The van der Waals surface area contributed by atoms with Crippen LogP contribution in [0, 0.1) is 11.3 Å². The highest BCUT2D eigenvalue weighted by atomic mass is 15.3. The fourth-order valence-corrected chi connectivity index (χ4v) is 2.45. The third-order valence-electron chi connectivity index (χ3n) is 3.35. The Morgan fingerprint density at radius 3 is 2.68 bits per heavy atom. The third kappa shape index (κ3) is 2.42. The Kier molecular flexibility index (Phi) is 3.50. The molecule has 0 radical (unpaired) electrons. The summed E-state index contributed by atoms with van der Waals surface area (Å²) >= 11 is 0. The second-order valence-corrected chi connectivity index (χ2v) is 4.56. The minimum atomic E-state index is -0.0569. The summed E-state index contributed by atoms with van der Waals surface area (Å²) < 4.78 is 0. The molecular formula is C13H18N6. The van der Waals surface area contributed by atoms with Crippen molar-refractivity contribution in [2.45, 2.75) is 19.8 Å². The minimum Gasteiger partial charge on any atom is -0.384 e. The molecule has 100 valence electrons. The van der Waals surface area contributed by atoms with Crippen LogP contribution in [0.2, 0.25) is 0 Å². The summed E-state index contributed by atoms with van der Waals surface area (Å²) in [5.74, 6) is 0.284. The quantitative estimate of drug-likeness (QED) is 0.359. The normalized spacial score (nSPS) is 19.2. The average molecular weight is 258 g/mol. The van der Waals surface area contributed by atoms with Gasteiger partial charge in [0.25, 0.3) is 0 Å². The molecule has 1 aromatic carbocycles. The Hall–Kier alpha value is -2.37. The van der Waals surface area contributed by atoms with E-state index in [1.165, 1.54) is 0 Å². The van der Waals surface area contributed by atoms with E-state index in [0.29, 0.717) is 0 Å². The van der Waals surface area contributed by atoms with Crippen LogP contribution in [0.5, 0.6) is 0 Å². The van der Waals surface area contributed by atoms with Gasteiger partial charge in [-0.05, 0) is 18.4 Å². The highest BCUT2D eigenvalue weighted by Crippen LogP contribution is 2.32. The molecule has 7 N–H and O–H groups in total. The molecule has 0 fully saturated rings. The van der Waals surface area contributed by atoms with E-state index in [1.807, 2.05) is 18.2 Å². The number of hydrogen-bond acceptors (Lipinski definition) is 3. The lowest BCUT2D eigenvalue weighted by atomic mass is 10.0. The van der Waals surface area contributed by atoms with E-state index in [4.69, 9.17) is 22.6 Å². The van der Waals surface area contributed by atoms with Crippen LogP contribution in [-0.4, -0.2) is 17.5 Å². The van der Waals surface area contributed by atoms with Crippen molar-refractivity contribution in [1.82, 2.24) is 0 Å². The number of nitrogens with zero attached hydrogens (tertiary/aromatic N) is 2. The van der Waals surface area contributed by atoms with Crippen molar-refractivity contribution >= 4 is 17.5 Å². The maximum atomic E-state index is 7.63. The van der Waals surface area contributed by atoms with E-state index in [9.17, 15) is 0 Å². The predicted molar refractivity (Wildman–Crippen MR) is 77.3 cm³/mol. The van der Waals surface area contributed by atoms with Crippen LogP contribution in [0.25, 0.3) is 0 Å². The van der Waals surface area contributed by atoms with Gasteiger partial charge in [0.05, 0.1) is 5.71 Å². The summed E-state index contributed by atoms with van der Waals surface area (Å²) in [5, 5.41) is 15.5. The van der Waals surface area contributed by atoms with Gasteiger partial charge in [-0.25, -0.2) is 0 Å². The number of nitrogens with one attached hydrogen (secondary N) is 1. The van der Waals surface area contributed by atoms with E-state index in [0.717, 1.165) is 35.2 Å². The molecule has 0 amide bonds. The number of hydrogen-bond donors (Lipinski definition) is 4. The fourth-order valence-electron chi connectivity index (χ4n) is 2.45. The third-order valence-corrected chi connectivity index (χ3v) is 3.35. The summed E-state index contributed by atoms with van der Waals surface area (Å²) in [5.41, 5.74) is 20.0. The smallest absolute Gasteiger partial charge is 0.211 e. The van der Waals surface area contributed by atoms with Crippen molar-refractivity contribution in [1.29, 1.82) is 5.41 Å². The molecule has 19 heavy (non-hydrogen) atoms.